The SMILES string of the molecule is O=S(=O)(NCCc1cscn1)c1ccc(Br)cc1Br. The van der Waals surface area contributed by atoms with Crippen LogP contribution in [0, 0.1) is 0 Å². The smallest absolute Gasteiger partial charge is 0.241 e. The van der Waals surface area contributed by atoms with E-state index in [2.05, 4.69) is 41.6 Å². The Kier molecular flexibility index (Phi) is 5.13. The number of thiazole rings is 1. The van der Waals surface area contributed by atoms with Crippen LogP contribution >= 0.6 is 43.2 Å². The Morgan fingerprint density at radius 2 is 2.11 bits per heavy atom. The minimum atomic E-state index is -3.50. The minimum Gasteiger partial charge on any atom is -0.250 e. The topological polar surface area (TPSA) is 59.1 Å². The maximum Gasteiger partial charge on any atom is 0.241 e. The second-order valence-corrected chi connectivity index (χ2v) is 7.93. The molecule has 0 atom stereocenters. The molecule has 8 heteroatoms. The van der Waals surface area contributed by atoms with E-state index >= 15 is 0 Å². The van der Waals surface area contributed by atoms with E-state index in [-0.39, 0.29) is 4.90 Å². The summed E-state index contributed by atoms with van der Waals surface area (Å²) in [6.07, 6.45) is 0.580. The van der Waals surface area contributed by atoms with Crippen molar-refractivity contribution in [2.24, 2.45) is 0 Å². The molecule has 2 aromatic rings. The van der Waals surface area contributed by atoms with Crippen LogP contribution < -0.4 is 4.72 Å². The second kappa shape index (κ2) is 6.45. The molecule has 0 aliphatic carbocycles. The third kappa shape index (κ3) is 4.09. The van der Waals surface area contributed by atoms with Gasteiger partial charge >= 0.3 is 0 Å². The molecule has 0 radical (unpaired) electrons. The van der Waals surface area contributed by atoms with E-state index in [0.29, 0.717) is 17.4 Å². The van der Waals surface area contributed by atoms with Crippen molar-refractivity contribution >= 4 is 53.2 Å². The van der Waals surface area contributed by atoms with Gasteiger partial charge in [0.05, 0.1) is 16.1 Å². The van der Waals surface area contributed by atoms with Crippen LogP contribution in [-0.4, -0.2) is 19.9 Å². The zero-order chi connectivity index (χ0) is 13.9. The van der Waals surface area contributed by atoms with Crippen molar-refractivity contribution in [1.29, 1.82) is 0 Å². The van der Waals surface area contributed by atoms with Crippen LogP contribution in [0.4, 0.5) is 0 Å². The molecule has 0 amide bonds. The Morgan fingerprint density at radius 1 is 1.32 bits per heavy atom. The summed E-state index contributed by atoms with van der Waals surface area (Å²) >= 11 is 8.04. The van der Waals surface area contributed by atoms with Gasteiger partial charge < -0.3 is 0 Å². The zero-order valence-electron chi connectivity index (χ0n) is 9.64. The van der Waals surface area contributed by atoms with E-state index < -0.39 is 10.0 Å². The predicted molar refractivity (Wildman–Crippen MR) is 82.8 cm³/mol. The van der Waals surface area contributed by atoms with Crippen LogP contribution in [0.5, 0.6) is 0 Å². The quantitative estimate of drug-likeness (QED) is 0.800. The number of nitrogens with one attached hydrogen (secondary N) is 1. The first kappa shape index (κ1) is 15.1. The Labute approximate surface area is 132 Å². The molecule has 0 fully saturated rings. The van der Waals surface area contributed by atoms with Crippen molar-refractivity contribution in [2.75, 3.05) is 6.54 Å². The lowest BCUT2D eigenvalue weighted by Gasteiger charge is -2.08. The highest BCUT2D eigenvalue weighted by molar-refractivity contribution is 9.11. The molecule has 4 nitrogen and oxygen atoms in total. The number of hydrogen-bond donors (Lipinski definition) is 1. The molecule has 0 bridgehead atoms. The molecule has 1 N–H and O–H groups in total. The third-order valence-corrected chi connectivity index (χ3v) is 5.91. The van der Waals surface area contributed by atoms with Gasteiger partial charge in [-0.25, -0.2) is 18.1 Å². The standard InChI is InChI=1S/C11H10Br2N2O2S2/c12-8-1-2-11(10(13)5-8)19(16,17)15-4-3-9-6-18-7-14-9/h1-2,5-7,15H,3-4H2. The number of nitrogens with zero attached hydrogens (tertiary/aromatic N) is 1. The number of sulfonamides is 1. The average Bonchev–Trinajstić information content (AvgIpc) is 2.81. The first-order valence-corrected chi connectivity index (χ1v) is 9.32. The monoisotopic (exact) mass is 424 g/mol. The van der Waals surface area contributed by atoms with Gasteiger partial charge in [-0.05, 0) is 34.1 Å². The van der Waals surface area contributed by atoms with Gasteiger partial charge in [0.1, 0.15) is 0 Å². The molecule has 0 saturated heterocycles. The van der Waals surface area contributed by atoms with Crippen LogP contribution in [0.2, 0.25) is 0 Å². The summed E-state index contributed by atoms with van der Waals surface area (Å²) in [5, 5.41) is 1.91. The maximum atomic E-state index is 12.1. The molecule has 0 saturated carbocycles. The molecule has 0 aliphatic heterocycles. The third-order valence-electron chi connectivity index (χ3n) is 2.34. The Hall–Kier alpha value is -0.280. The van der Waals surface area contributed by atoms with E-state index in [9.17, 15) is 8.42 Å². The minimum absolute atomic E-state index is 0.231. The van der Waals surface area contributed by atoms with E-state index in [1.54, 1.807) is 23.7 Å². The highest BCUT2D eigenvalue weighted by Crippen LogP contribution is 2.25. The molecule has 2 rings (SSSR count). The molecule has 0 spiro atoms. The first-order valence-electron chi connectivity index (χ1n) is 5.31. The van der Waals surface area contributed by atoms with Crippen LogP contribution in [0.25, 0.3) is 0 Å². The summed E-state index contributed by atoms with van der Waals surface area (Å²) < 4.78 is 28.2. The summed E-state index contributed by atoms with van der Waals surface area (Å²) in [5.74, 6) is 0. The van der Waals surface area contributed by atoms with Crippen LogP contribution in [0.15, 0.2) is 42.9 Å². The lowest BCUT2D eigenvalue weighted by atomic mass is 10.3. The van der Waals surface area contributed by atoms with E-state index in [1.807, 2.05) is 5.38 Å². The second-order valence-electron chi connectivity index (χ2n) is 3.70. The largest absolute Gasteiger partial charge is 0.250 e. The number of hydrogen-bond acceptors (Lipinski definition) is 4. The van der Waals surface area contributed by atoms with Crippen LogP contribution in [0.1, 0.15) is 5.69 Å². The number of halogens is 2. The summed E-state index contributed by atoms with van der Waals surface area (Å²) in [7, 11) is -3.50. The van der Waals surface area contributed by atoms with E-state index in [4.69, 9.17) is 0 Å². The van der Waals surface area contributed by atoms with Crippen molar-refractivity contribution in [3.8, 4) is 0 Å². The summed E-state index contributed by atoms with van der Waals surface area (Å²) in [6.45, 7) is 0.328. The normalized spacial score (nSPS) is 11.7. The highest BCUT2D eigenvalue weighted by atomic mass is 79.9. The fourth-order valence-electron chi connectivity index (χ4n) is 1.45. The van der Waals surface area contributed by atoms with Gasteiger partial charge in [0.15, 0.2) is 0 Å². The number of benzene rings is 1. The van der Waals surface area contributed by atoms with Crippen molar-refractivity contribution in [3.05, 3.63) is 43.7 Å². The number of rotatable bonds is 5. The Bertz CT molecular complexity index is 657. The van der Waals surface area contributed by atoms with Crippen molar-refractivity contribution < 1.29 is 8.42 Å². The fraction of sp³-hybridized carbons (Fsp3) is 0.182. The van der Waals surface area contributed by atoms with Gasteiger partial charge in [0.2, 0.25) is 10.0 Å². The maximum absolute atomic E-state index is 12.1. The molecule has 102 valence electrons. The Morgan fingerprint density at radius 3 is 2.74 bits per heavy atom. The first-order chi connectivity index (χ1) is 8.99. The molecule has 0 unspecified atom stereocenters. The molecule has 19 heavy (non-hydrogen) atoms. The molecule has 1 heterocycles. The highest BCUT2D eigenvalue weighted by Gasteiger charge is 2.17. The fourth-order valence-corrected chi connectivity index (χ4v) is 4.81. The van der Waals surface area contributed by atoms with Gasteiger partial charge in [-0.2, -0.15) is 0 Å². The van der Waals surface area contributed by atoms with Crippen LogP contribution in [-0.2, 0) is 16.4 Å². The number of aromatic nitrogens is 1. The van der Waals surface area contributed by atoms with Crippen molar-refractivity contribution in [2.45, 2.75) is 11.3 Å². The summed E-state index contributed by atoms with van der Waals surface area (Å²) in [4.78, 5) is 4.34. The zero-order valence-corrected chi connectivity index (χ0v) is 14.4. The molecule has 1 aromatic heterocycles. The molecule has 1 aromatic carbocycles. The lowest BCUT2D eigenvalue weighted by Crippen LogP contribution is -2.26. The van der Waals surface area contributed by atoms with Crippen molar-refractivity contribution in [3.63, 3.8) is 0 Å². The Balaban J connectivity index is 2.05. The molecular formula is C11H10Br2N2O2S2. The van der Waals surface area contributed by atoms with Crippen LogP contribution in [0.3, 0.4) is 0 Å². The van der Waals surface area contributed by atoms with Gasteiger partial charge in [-0.15, -0.1) is 11.3 Å². The molecule has 0 aliphatic rings. The summed E-state index contributed by atoms with van der Waals surface area (Å²) in [6, 6.07) is 4.95. The van der Waals surface area contributed by atoms with Gasteiger partial charge in [0, 0.05) is 27.3 Å². The van der Waals surface area contributed by atoms with E-state index in [1.165, 1.54) is 11.3 Å². The lowest BCUT2D eigenvalue weighted by molar-refractivity contribution is 0.581. The summed E-state index contributed by atoms with van der Waals surface area (Å²) in [5.41, 5.74) is 2.62. The van der Waals surface area contributed by atoms with Gasteiger partial charge in [-0.1, -0.05) is 15.9 Å². The predicted octanol–water partition coefficient (Wildman–Crippen LogP) is 3.19. The van der Waals surface area contributed by atoms with Crippen molar-refractivity contribution in [1.82, 2.24) is 9.71 Å². The molecular weight excluding hydrogens is 416 g/mol. The average molecular weight is 426 g/mol. The van der Waals surface area contributed by atoms with Gasteiger partial charge in [0.25, 0.3) is 0 Å². The van der Waals surface area contributed by atoms with E-state index in [0.717, 1.165) is 10.2 Å². The van der Waals surface area contributed by atoms with Gasteiger partial charge in [-0.3, -0.25) is 0 Å².